The number of hydrogen-bond donors (Lipinski definition) is 2. The summed E-state index contributed by atoms with van der Waals surface area (Å²) in [6.45, 7) is 5.93. The molecule has 0 fully saturated rings. The predicted molar refractivity (Wildman–Crippen MR) is 111 cm³/mol. The molecule has 10 heteroatoms. The largest absolute Gasteiger partial charge is 0.332 e. The van der Waals surface area contributed by atoms with Gasteiger partial charge in [-0.1, -0.05) is 35.5 Å². The van der Waals surface area contributed by atoms with E-state index >= 15 is 0 Å². The molecule has 8 nitrogen and oxygen atoms in total. The first kappa shape index (κ1) is 20.2. The van der Waals surface area contributed by atoms with Crippen molar-refractivity contribution in [3.05, 3.63) is 50.1 Å². The Bertz CT molecular complexity index is 1150. The average molecular weight is 422 g/mol. The number of nitrogens with zero attached hydrogens (tertiary/aromatic N) is 3. The van der Waals surface area contributed by atoms with Gasteiger partial charge in [-0.15, -0.1) is 0 Å². The van der Waals surface area contributed by atoms with Crippen LogP contribution in [0.5, 0.6) is 0 Å². The second-order valence-corrected chi connectivity index (χ2v) is 7.78. The molecule has 0 radical (unpaired) electrons. The lowest BCUT2D eigenvalue weighted by molar-refractivity contribution is -0.115. The van der Waals surface area contributed by atoms with Crippen LogP contribution in [0.15, 0.2) is 39.0 Å². The zero-order valence-corrected chi connectivity index (χ0v) is 17.2. The summed E-state index contributed by atoms with van der Waals surface area (Å²) in [5.74, 6) is -0.252. The Morgan fingerprint density at radius 2 is 1.93 bits per heavy atom. The number of halogens is 1. The highest BCUT2D eigenvalue weighted by Gasteiger charge is 2.20. The van der Waals surface area contributed by atoms with Crippen LogP contribution in [0.1, 0.15) is 20.8 Å². The number of nitrogens with one attached hydrogen (secondary N) is 2. The average Bonchev–Trinajstić information content (AvgIpc) is 3.08. The summed E-state index contributed by atoms with van der Waals surface area (Å²) in [5, 5.41) is 3.10. The summed E-state index contributed by atoms with van der Waals surface area (Å²) in [6, 6.07) is 6.96. The van der Waals surface area contributed by atoms with Crippen molar-refractivity contribution in [2.24, 2.45) is 0 Å². The van der Waals surface area contributed by atoms with E-state index in [4.69, 9.17) is 11.6 Å². The molecule has 1 aromatic carbocycles. The van der Waals surface area contributed by atoms with Crippen molar-refractivity contribution >= 4 is 46.1 Å². The number of amides is 1. The number of aromatic amines is 1. The number of rotatable bonds is 6. The molecule has 2 heterocycles. The third-order valence-electron chi connectivity index (χ3n) is 4.26. The smallest absolute Gasteiger partial charge is 0.327 e. The Balaban J connectivity index is 1.89. The third-order valence-corrected chi connectivity index (χ3v) is 5.58. The summed E-state index contributed by atoms with van der Waals surface area (Å²) in [5.41, 5.74) is 0.264. The van der Waals surface area contributed by atoms with E-state index < -0.39 is 16.5 Å². The van der Waals surface area contributed by atoms with Gasteiger partial charge in [0.2, 0.25) is 5.91 Å². The molecule has 0 spiro atoms. The van der Waals surface area contributed by atoms with Crippen molar-refractivity contribution < 1.29 is 4.79 Å². The van der Waals surface area contributed by atoms with Gasteiger partial charge in [0.1, 0.15) is 0 Å². The number of hydrogen-bond acceptors (Lipinski definition) is 5. The van der Waals surface area contributed by atoms with Gasteiger partial charge in [-0.25, -0.2) is 9.78 Å². The zero-order valence-electron chi connectivity index (χ0n) is 15.7. The molecule has 0 aliphatic carbocycles. The number of carbonyl (C=O) groups is 1. The molecule has 0 bridgehead atoms. The summed E-state index contributed by atoms with van der Waals surface area (Å²) in [6.07, 6.45) is 0. The minimum Gasteiger partial charge on any atom is -0.327 e. The first-order valence-electron chi connectivity index (χ1n) is 8.82. The van der Waals surface area contributed by atoms with Crippen LogP contribution in [-0.2, 0) is 17.9 Å². The van der Waals surface area contributed by atoms with Gasteiger partial charge in [-0.05, 0) is 32.9 Å². The van der Waals surface area contributed by atoms with E-state index in [-0.39, 0.29) is 18.0 Å². The fourth-order valence-corrected chi connectivity index (χ4v) is 3.77. The van der Waals surface area contributed by atoms with Crippen LogP contribution in [-0.4, -0.2) is 30.3 Å². The lowest BCUT2D eigenvalue weighted by Gasteiger charge is -2.11. The van der Waals surface area contributed by atoms with Crippen molar-refractivity contribution in [2.45, 2.75) is 44.3 Å². The highest BCUT2D eigenvalue weighted by molar-refractivity contribution is 8.00. The molecule has 0 aliphatic heterocycles. The minimum atomic E-state index is -0.507. The van der Waals surface area contributed by atoms with Crippen LogP contribution in [0, 0.1) is 0 Å². The van der Waals surface area contributed by atoms with Crippen molar-refractivity contribution in [3.8, 4) is 0 Å². The normalized spacial score (nSPS) is 12.3. The molecule has 0 aliphatic rings. The molecule has 2 N–H and O–H groups in total. The molecule has 0 saturated heterocycles. The van der Waals surface area contributed by atoms with Crippen molar-refractivity contribution in [1.29, 1.82) is 0 Å². The first-order valence-corrected chi connectivity index (χ1v) is 10.1. The number of para-hydroxylation sites is 1. The Labute approximate surface area is 169 Å². The van der Waals surface area contributed by atoms with Crippen molar-refractivity contribution in [3.63, 3.8) is 0 Å². The standard InChI is InChI=1S/C18H20ClN5O3S/c1-4-23-14-13(16(26)24(5-2)18(23)27)21-17(22-14)28-10(3)15(25)20-12-9-7-6-8-11(12)19/h6-10H,4-5H2,1-3H3,(H,20,25)(H,21,22). The van der Waals surface area contributed by atoms with Crippen LogP contribution in [0.4, 0.5) is 5.69 Å². The van der Waals surface area contributed by atoms with E-state index in [1.165, 1.54) is 4.57 Å². The Kier molecular flexibility index (Phi) is 5.95. The van der Waals surface area contributed by atoms with E-state index in [1.54, 1.807) is 38.1 Å². The van der Waals surface area contributed by atoms with Crippen LogP contribution < -0.4 is 16.6 Å². The van der Waals surface area contributed by atoms with Gasteiger partial charge in [0, 0.05) is 13.1 Å². The SMILES string of the molecule is CCn1c(=O)c2[nH]c(SC(C)C(=O)Nc3ccccc3Cl)nc2n(CC)c1=O. The van der Waals surface area contributed by atoms with Crippen molar-refractivity contribution in [2.75, 3.05) is 5.32 Å². The summed E-state index contributed by atoms with van der Waals surface area (Å²) in [7, 11) is 0. The molecule has 1 amide bonds. The fourth-order valence-electron chi connectivity index (χ4n) is 2.78. The van der Waals surface area contributed by atoms with Crippen LogP contribution in [0.2, 0.25) is 5.02 Å². The molecule has 28 heavy (non-hydrogen) atoms. The van der Waals surface area contributed by atoms with E-state index in [9.17, 15) is 14.4 Å². The number of anilines is 1. The molecule has 1 atom stereocenters. The van der Waals surface area contributed by atoms with Gasteiger partial charge in [0.05, 0.1) is 16.0 Å². The second kappa shape index (κ2) is 8.24. The van der Waals surface area contributed by atoms with E-state index in [1.807, 2.05) is 6.92 Å². The fraction of sp³-hybridized carbons (Fsp3) is 0.333. The summed E-state index contributed by atoms with van der Waals surface area (Å²) < 4.78 is 2.60. The Hall–Kier alpha value is -2.52. The van der Waals surface area contributed by atoms with Gasteiger partial charge >= 0.3 is 5.69 Å². The Morgan fingerprint density at radius 3 is 2.57 bits per heavy atom. The van der Waals surface area contributed by atoms with E-state index in [0.29, 0.717) is 28.1 Å². The number of H-pyrrole nitrogens is 1. The molecule has 2 aromatic heterocycles. The maximum Gasteiger partial charge on any atom is 0.332 e. The lowest BCUT2D eigenvalue weighted by Crippen LogP contribution is -2.39. The number of aromatic nitrogens is 4. The molecular weight excluding hydrogens is 402 g/mol. The predicted octanol–water partition coefficient (Wildman–Crippen LogP) is 2.70. The highest BCUT2D eigenvalue weighted by Crippen LogP contribution is 2.25. The van der Waals surface area contributed by atoms with Gasteiger partial charge in [-0.3, -0.25) is 18.7 Å². The van der Waals surface area contributed by atoms with Crippen LogP contribution >= 0.6 is 23.4 Å². The molecule has 1 unspecified atom stereocenters. The molecule has 3 aromatic rings. The topological polar surface area (TPSA) is 102 Å². The van der Waals surface area contributed by atoms with Gasteiger partial charge in [-0.2, -0.15) is 0 Å². The lowest BCUT2D eigenvalue weighted by atomic mass is 10.3. The number of benzene rings is 1. The highest BCUT2D eigenvalue weighted by atomic mass is 35.5. The van der Waals surface area contributed by atoms with Crippen molar-refractivity contribution in [1.82, 2.24) is 19.1 Å². The Morgan fingerprint density at radius 1 is 1.25 bits per heavy atom. The van der Waals surface area contributed by atoms with Gasteiger partial charge in [0.25, 0.3) is 5.56 Å². The quantitative estimate of drug-likeness (QED) is 0.596. The third kappa shape index (κ3) is 3.72. The maximum atomic E-state index is 12.5. The monoisotopic (exact) mass is 421 g/mol. The van der Waals surface area contributed by atoms with E-state index in [0.717, 1.165) is 16.3 Å². The number of fused-ring (bicyclic) bond motifs is 1. The van der Waals surface area contributed by atoms with Crippen LogP contribution in [0.25, 0.3) is 11.2 Å². The summed E-state index contributed by atoms with van der Waals surface area (Å²) in [4.78, 5) is 44.8. The first-order chi connectivity index (χ1) is 13.4. The minimum absolute atomic E-state index is 0.252. The van der Waals surface area contributed by atoms with E-state index in [2.05, 4.69) is 15.3 Å². The number of aryl methyl sites for hydroxylation is 1. The molecule has 3 rings (SSSR count). The van der Waals surface area contributed by atoms with Crippen LogP contribution in [0.3, 0.4) is 0 Å². The zero-order chi connectivity index (χ0) is 20.4. The maximum absolute atomic E-state index is 12.5. The number of carbonyl (C=O) groups excluding carboxylic acids is 1. The van der Waals surface area contributed by atoms with Gasteiger partial charge < -0.3 is 10.3 Å². The molecule has 0 saturated carbocycles. The number of imidazole rings is 1. The number of thioether (sulfide) groups is 1. The molecule has 148 valence electrons. The molecular formula is C18H20ClN5O3S. The summed E-state index contributed by atoms with van der Waals surface area (Å²) >= 11 is 7.24. The second-order valence-electron chi connectivity index (χ2n) is 6.05. The van der Waals surface area contributed by atoms with Gasteiger partial charge in [0.15, 0.2) is 16.3 Å².